The summed E-state index contributed by atoms with van der Waals surface area (Å²) < 4.78 is 6.22. The normalized spacial score (nSPS) is 16.3. The first-order chi connectivity index (χ1) is 9.28. The Bertz CT molecular complexity index is 358. The van der Waals surface area contributed by atoms with Crippen molar-refractivity contribution in [3.05, 3.63) is 23.3 Å². The van der Waals surface area contributed by atoms with Crippen molar-refractivity contribution in [2.75, 3.05) is 6.61 Å². The lowest BCUT2D eigenvalue weighted by Gasteiger charge is -2.36. The van der Waals surface area contributed by atoms with Crippen LogP contribution in [0.25, 0.3) is 0 Å². The Labute approximate surface area is 127 Å². The third kappa shape index (κ3) is 5.21. The summed E-state index contributed by atoms with van der Waals surface area (Å²) in [5, 5.41) is 0.336. The molecule has 0 unspecified atom stereocenters. The van der Waals surface area contributed by atoms with Crippen molar-refractivity contribution in [3.63, 3.8) is 0 Å². The molecular weight excluding hydrogens is 260 g/mol. The monoisotopic (exact) mass is 294 g/mol. The fraction of sp³-hybridized carbons (Fsp3) is 0.778. The van der Waals surface area contributed by atoms with Gasteiger partial charge >= 0.3 is 0 Å². The molecule has 2 heteroatoms. The van der Waals surface area contributed by atoms with E-state index < -0.39 is 8.32 Å². The summed E-state index contributed by atoms with van der Waals surface area (Å²) in [5.74, 6) is 0. The molecule has 0 aromatic carbocycles. The second-order valence-electron chi connectivity index (χ2n) is 7.47. The van der Waals surface area contributed by atoms with Crippen LogP contribution < -0.4 is 0 Å². The maximum atomic E-state index is 6.22. The molecule has 0 radical (unpaired) electrons. The molecule has 20 heavy (non-hydrogen) atoms. The van der Waals surface area contributed by atoms with Crippen LogP contribution in [0, 0.1) is 0 Å². The molecular formula is C18H34OSi. The lowest BCUT2D eigenvalue weighted by molar-refractivity contribution is 0.278. The lowest BCUT2D eigenvalue weighted by Crippen LogP contribution is -2.40. The molecule has 0 bridgehead atoms. The Hall–Kier alpha value is -0.343. The molecule has 0 heterocycles. The molecule has 0 aliphatic heterocycles. The smallest absolute Gasteiger partial charge is 0.191 e. The quantitative estimate of drug-likeness (QED) is 0.380. The van der Waals surface area contributed by atoms with E-state index in [0.717, 1.165) is 13.0 Å². The first-order valence-electron chi connectivity index (χ1n) is 8.30. The Kier molecular flexibility index (Phi) is 6.73. The van der Waals surface area contributed by atoms with E-state index in [0.29, 0.717) is 5.04 Å². The average molecular weight is 295 g/mol. The molecule has 1 nitrogen and oxygen atoms in total. The number of allylic oxidation sites excluding steroid dienone is 4. The van der Waals surface area contributed by atoms with Crippen LogP contribution in [0.3, 0.4) is 0 Å². The molecule has 0 saturated carbocycles. The minimum Gasteiger partial charge on any atom is -0.417 e. The Morgan fingerprint density at radius 3 is 2.30 bits per heavy atom. The zero-order chi connectivity index (χ0) is 15.2. The van der Waals surface area contributed by atoms with Crippen molar-refractivity contribution in [3.8, 4) is 0 Å². The third-order valence-corrected chi connectivity index (χ3v) is 9.42. The van der Waals surface area contributed by atoms with Crippen molar-refractivity contribution in [2.45, 2.75) is 84.4 Å². The highest BCUT2D eigenvalue weighted by molar-refractivity contribution is 6.74. The average Bonchev–Trinajstić information content (AvgIpc) is 2.79. The Morgan fingerprint density at radius 1 is 1.05 bits per heavy atom. The topological polar surface area (TPSA) is 9.23 Å². The summed E-state index contributed by atoms with van der Waals surface area (Å²) in [7, 11) is -1.53. The molecule has 1 rings (SSSR count). The van der Waals surface area contributed by atoms with Gasteiger partial charge in [0.1, 0.15) is 0 Å². The predicted molar refractivity (Wildman–Crippen MR) is 92.7 cm³/mol. The van der Waals surface area contributed by atoms with Gasteiger partial charge in [0.05, 0.1) is 0 Å². The number of hydrogen-bond acceptors (Lipinski definition) is 1. The fourth-order valence-electron chi connectivity index (χ4n) is 2.38. The molecule has 0 aromatic rings. The molecule has 0 spiro atoms. The molecule has 0 N–H and O–H groups in total. The van der Waals surface area contributed by atoms with Gasteiger partial charge in [-0.3, -0.25) is 0 Å². The van der Waals surface area contributed by atoms with Crippen LogP contribution in [0.1, 0.15) is 66.2 Å². The standard InChI is InChI=1S/C18H34OSi/c1-7-16-13-11-14-17(16)12-9-8-10-15-19-20(5,6)18(2,3)4/h13-14H,7-12,15H2,1-6H3. The zero-order valence-electron chi connectivity index (χ0n) is 14.5. The van der Waals surface area contributed by atoms with Gasteiger partial charge in [0, 0.05) is 6.61 Å². The van der Waals surface area contributed by atoms with E-state index in [4.69, 9.17) is 4.43 Å². The van der Waals surface area contributed by atoms with Crippen LogP contribution in [0.5, 0.6) is 0 Å². The van der Waals surface area contributed by atoms with E-state index in [9.17, 15) is 0 Å². The van der Waals surface area contributed by atoms with Gasteiger partial charge in [-0.1, -0.05) is 46.3 Å². The largest absolute Gasteiger partial charge is 0.417 e. The van der Waals surface area contributed by atoms with E-state index in [1.807, 2.05) is 0 Å². The fourth-order valence-corrected chi connectivity index (χ4v) is 3.47. The minimum absolute atomic E-state index is 0.336. The molecule has 0 amide bonds. The van der Waals surface area contributed by atoms with Gasteiger partial charge in [0.25, 0.3) is 0 Å². The molecule has 0 fully saturated rings. The summed E-state index contributed by atoms with van der Waals surface area (Å²) in [5.41, 5.74) is 3.19. The van der Waals surface area contributed by atoms with Crippen molar-refractivity contribution in [1.82, 2.24) is 0 Å². The highest BCUT2D eigenvalue weighted by Crippen LogP contribution is 2.36. The van der Waals surface area contributed by atoms with Crippen LogP contribution in [0.4, 0.5) is 0 Å². The molecule has 1 aliphatic carbocycles. The Morgan fingerprint density at radius 2 is 1.70 bits per heavy atom. The molecule has 0 atom stereocenters. The van der Waals surface area contributed by atoms with Crippen molar-refractivity contribution >= 4 is 8.32 Å². The number of unbranched alkanes of at least 4 members (excludes halogenated alkanes) is 2. The first kappa shape index (κ1) is 17.7. The van der Waals surface area contributed by atoms with Crippen LogP contribution in [0.15, 0.2) is 23.3 Å². The van der Waals surface area contributed by atoms with Crippen molar-refractivity contribution in [2.24, 2.45) is 0 Å². The van der Waals surface area contributed by atoms with Gasteiger partial charge in [-0.15, -0.1) is 0 Å². The van der Waals surface area contributed by atoms with Crippen LogP contribution in [-0.2, 0) is 4.43 Å². The summed E-state index contributed by atoms with van der Waals surface area (Å²) in [6.07, 6.45) is 12.2. The van der Waals surface area contributed by atoms with Gasteiger partial charge in [0.2, 0.25) is 0 Å². The van der Waals surface area contributed by atoms with Gasteiger partial charge < -0.3 is 4.43 Å². The van der Waals surface area contributed by atoms with Crippen LogP contribution >= 0.6 is 0 Å². The molecule has 0 saturated heterocycles. The van der Waals surface area contributed by atoms with Crippen LogP contribution in [0.2, 0.25) is 18.1 Å². The highest BCUT2D eigenvalue weighted by Gasteiger charge is 2.36. The SMILES string of the molecule is CCC1=CCC=C1CCCCCO[Si](C)(C)C(C)(C)C. The predicted octanol–water partition coefficient (Wildman–Crippen LogP) is 6.24. The highest BCUT2D eigenvalue weighted by atomic mass is 28.4. The summed E-state index contributed by atoms with van der Waals surface area (Å²) in [6, 6.07) is 0. The summed E-state index contributed by atoms with van der Waals surface area (Å²) in [4.78, 5) is 0. The maximum Gasteiger partial charge on any atom is 0.191 e. The Balaban J connectivity index is 2.13. The van der Waals surface area contributed by atoms with Gasteiger partial charge in [0.15, 0.2) is 8.32 Å². The first-order valence-corrected chi connectivity index (χ1v) is 11.2. The van der Waals surface area contributed by atoms with Crippen molar-refractivity contribution in [1.29, 1.82) is 0 Å². The second-order valence-corrected chi connectivity index (χ2v) is 12.3. The maximum absolute atomic E-state index is 6.22. The second kappa shape index (κ2) is 7.60. The number of hydrogen-bond donors (Lipinski definition) is 0. The van der Waals surface area contributed by atoms with E-state index in [1.54, 1.807) is 11.1 Å². The van der Waals surface area contributed by atoms with Gasteiger partial charge in [-0.05, 0) is 61.4 Å². The van der Waals surface area contributed by atoms with Crippen molar-refractivity contribution < 1.29 is 4.43 Å². The van der Waals surface area contributed by atoms with Gasteiger partial charge in [-0.2, -0.15) is 0 Å². The minimum atomic E-state index is -1.53. The molecule has 0 aromatic heterocycles. The van der Waals surface area contributed by atoms with E-state index >= 15 is 0 Å². The summed E-state index contributed by atoms with van der Waals surface area (Å²) in [6.45, 7) is 14.8. The van der Waals surface area contributed by atoms with Gasteiger partial charge in [-0.25, -0.2) is 0 Å². The zero-order valence-corrected chi connectivity index (χ0v) is 15.5. The summed E-state index contributed by atoms with van der Waals surface area (Å²) >= 11 is 0. The third-order valence-electron chi connectivity index (χ3n) is 4.88. The molecule has 1 aliphatic rings. The number of rotatable bonds is 8. The van der Waals surface area contributed by atoms with Crippen LogP contribution in [-0.4, -0.2) is 14.9 Å². The molecule has 116 valence electrons. The van der Waals surface area contributed by atoms with E-state index in [2.05, 4.69) is 52.9 Å². The van der Waals surface area contributed by atoms with E-state index in [-0.39, 0.29) is 0 Å². The van der Waals surface area contributed by atoms with E-state index in [1.165, 1.54) is 32.1 Å². The lowest BCUT2D eigenvalue weighted by atomic mass is 10.0.